The van der Waals surface area contributed by atoms with Crippen molar-refractivity contribution in [1.82, 2.24) is 14.8 Å². The van der Waals surface area contributed by atoms with Crippen LogP contribution in [0, 0.1) is 5.41 Å². The summed E-state index contributed by atoms with van der Waals surface area (Å²) in [5.74, 6) is 0.982. The summed E-state index contributed by atoms with van der Waals surface area (Å²) >= 11 is 0. The molecule has 14 heavy (non-hydrogen) atoms. The Hall–Kier alpha value is -1.32. The highest BCUT2D eigenvalue weighted by atomic mass is 16.5. The van der Waals surface area contributed by atoms with E-state index in [2.05, 4.69) is 30.9 Å². The summed E-state index contributed by atoms with van der Waals surface area (Å²) in [4.78, 5) is 3.88. The zero-order valence-corrected chi connectivity index (χ0v) is 8.77. The highest BCUT2D eigenvalue weighted by molar-refractivity contribution is 5.30. The van der Waals surface area contributed by atoms with Crippen LogP contribution in [0.5, 0.6) is 0 Å². The highest BCUT2D eigenvalue weighted by Crippen LogP contribution is 2.40. The second-order valence-corrected chi connectivity index (χ2v) is 4.39. The SMILES string of the molecule is CC1CC(C)(C)C(=Cn2cncn2)O1. The van der Waals surface area contributed by atoms with Gasteiger partial charge in [-0.2, -0.15) is 5.10 Å². The number of aromatic nitrogens is 3. The molecule has 1 atom stereocenters. The van der Waals surface area contributed by atoms with Crippen molar-refractivity contribution in [3.63, 3.8) is 0 Å². The third-order valence-corrected chi connectivity index (χ3v) is 2.48. The Kier molecular flexibility index (Phi) is 2.06. The van der Waals surface area contributed by atoms with Gasteiger partial charge in [-0.1, -0.05) is 13.8 Å². The minimum Gasteiger partial charge on any atom is -0.493 e. The lowest BCUT2D eigenvalue weighted by Gasteiger charge is -2.15. The van der Waals surface area contributed by atoms with E-state index in [9.17, 15) is 0 Å². The molecule has 0 saturated carbocycles. The topological polar surface area (TPSA) is 39.9 Å². The van der Waals surface area contributed by atoms with Gasteiger partial charge in [0.15, 0.2) is 0 Å². The summed E-state index contributed by atoms with van der Waals surface area (Å²) in [6.45, 7) is 6.45. The van der Waals surface area contributed by atoms with Gasteiger partial charge in [0.1, 0.15) is 18.4 Å². The molecule has 1 saturated heterocycles. The molecule has 0 radical (unpaired) electrons. The van der Waals surface area contributed by atoms with Crippen molar-refractivity contribution in [2.45, 2.75) is 33.3 Å². The third kappa shape index (κ3) is 1.64. The summed E-state index contributed by atoms with van der Waals surface area (Å²) in [6.07, 6.45) is 6.42. The second-order valence-electron chi connectivity index (χ2n) is 4.39. The summed E-state index contributed by atoms with van der Waals surface area (Å²) in [5, 5.41) is 4.02. The molecule has 2 heterocycles. The molecule has 76 valence electrons. The number of ether oxygens (including phenoxy) is 1. The van der Waals surface area contributed by atoms with E-state index in [1.54, 1.807) is 11.0 Å². The summed E-state index contributed by atoms with van der Waals surface area (Å²) in [6, 6.07) is 0. The van der Waals surface area contributed by atoms with Crippen molar-refractivity contribution in [3.05, 3.63) is 18.4 Å². The van der Waals surface area contributed by atoms with Gasteiger partial charge in [-0.05, 0) is 13.3 Å². The van der Waals surface area contributed by atoms with E-state index in [0.717, 1.165) is 12.2 Å². The van der Waals surface area contributed by atoms with Crippen LogP contribution in [0.3, 0.4) is 0 Å². The van der Waals surface area contributed by atoms with Gasteiger partial charge in [0.2, 0.25) is 0 Å². The van der Waals surface area contributed by atoms with Crippen LogP contribution in [0.25, 0.3) is 6.20 Å². The molecule has 0 bridgehead atoms. The third-order valence-electron chi connectivity index (χ3n) is 2.48. The molecule has 1 aliphatic rings. The fraction of sp³-hybridized carbons (Fsp3) is 0.600. The molecular weight excluding hydrogens is 178 g/mol. The molecule has 0 spiro atoms. The molecule has 4 heteroatoms. The van der Waals surface area contributed by atoms with Crippen molar-refractivity contribution in [1.29, 1.82) is 0 Å². The molecule has 0 aromatic carbocycles. The van der Waals surface area contributed by atoms with Gasteiger partial charge < -0.3 is 4.74 Å². The van der Waals surface area contributed by atoms with Crippen LogP contribution >= 0.6 is 0 Å². The predicted octanol–water partition coefficient (Wildman–Crippen LogP) is 1.91. The van der Waals surface area contributed by atoms with E-state index in [-0.39, 0.29) is 5.41 Å². The predicted molar refractivity (Wildman–Crippen MR) is 53.2 cm³/mol. The lowest BCUT2D eigenvalue weighted by Crippen LogP contribution is -2.09. The minimum absolute atomic E-state index is 0.103. The van der Waals surface area contributed by atoms with E-state index in [0.29, 0.717) is 6.10 Å². The van der Waals surface area contributed by atoms with Crippen LogP contribution in [0.4, 0.5) is 0 Å². The van der Waals surface area contributed by atoms with Gasteiger partial charge in [-0.3, -0.25) is 0 Å². The van der Waals surface area contributed by atoms with E-state index in [1.807, 2.05) is 6.20 Å². The zero-order chi connectivity index (χ0) is 10.2. The molecule has 0 N–H and O–H groups in total. The summed E-state index contributed by atoms with van der Waals surface area (Å²) < 4.78 is 7.40. The molecule has 1 aromatic heterocycles. The van der Waals surface area contributed by atoms with Gasteiger partial charge >= 0.3 is 0 Å². The summed E-state index contributed by atoms with van der Waals surface area (Å²) in [7, 11) is 0. The van der Waals surface area contributed by atoms with Crippen LogP contribution < -0.4 is 0 Å². The van der Waals surface area contributed by atoms with Gasteiger partial charge in [0, 0.05) is 5.41 Å². The zero-order valence-electron chi connectivity index (χ0n) is 8.77. The van der Waals surface area contributed by atoms with Crippen LogP contribution in [0.1, 0.15) is 27.2 Å². The van der Waals surface area contributed by atoms with Gasteiger partial charge in [0.25, 0.3) is 0 Å². The van der Waals surface area contributed by atoms with Crippen LogP contribution in [-0.2, 0) is 4.74 Å². The first-order valence-electron chi connectivity index (χ1n) is 4.81. The maximum absolute atomic E-state index is 5.72. The second kappa shape index (κ2) is 3.12. The molecule has 1 fully saturated rings. The molecule has 2 rings (SSSR count). The molecule has 1 aliphatic heterocycles. The molecule has 1 unspecified atom stereocenters. The van der Waals surface area contributed by atoms with Gasteiger partial charge in [0.05, 0.1) is 12.3 Å². The Labute approximate surface area is 83.6 Å². The molecule has 4 nitrogen and oxygen atoms in total. The quantitative estimate of drug-likeness (QED) is 0.684. The van der Waals surface area contributed by atoms with Crippen molar-refractivity contribution < 1.29 is 4.74 Å². The number of hydrogen-bond acceptors (Lipinski definition) is 3. The minimum atomic E-state index is 0.103. The lowest BCUT2D eigenvalue weighted by molar-refractivity contribution is 0.176. The standard InChI is InChI=1S/C10H15N3O/c1-8-4-10(2,3)9(14-8)5-13-7-11-6-12-13/h5-8H,4H2,1-3H3. The van der Waals surface area contributed by atoms with Crippen molar-refractivity contribution >= 4 is 6.20 Å². The Morgan fingerprint density at radius 3 is 2.93 bits per heavy atom. The fourth-order valence-corrected chi connectivity index (χ4v) is 1.85. The van der Waals surface area contributed by atoms with E-state index >= 15 is 0 Å². The Balaban J connectivity index is 2.26. The number of nitrogens with zero attached hydrogens (tertiary/aromatic N) is 3. The van der Waals surface area contributed by atoms with Gasteiger partial charge in [-0.25, -0.2) is 9.67 Å². The van der Waals surface area contributed by atoms with Crippen molar-refractivity contribution in [2.75, 3.05) is 0 Å². The first kappa shape index (κ1) is 9.24. The van der Waals surface area contributed by atoms with E-state index < -0.39 is 0 Å². The number of rotatable bonds is 1. The molecule has 1 aromatic rings. The van der Waals surface area contributed by atoms with Crippen LogP contribution in [0.2, 0.25) is 0 Å². The van der Waals surface area contributed by atoms with Crippen LogP contribution in [0.15, 0.2) is 18.4 Å². The highest BCUT2D eigenvalue weighted by Gasteiger charge is 2.35. The Morgan fingerprint density at radius 2 is 2.43 bits per heavy atom. The Bertz CT molecular complexity index is 340. The first-order chi connectivity index (χ1) is 6.58. The normalized spacial score (nSPS) is 27.9. The molecule has 0 aliphatic carbocycles. The maximum Gasteiger partial charge on any atom is 0.138 e. The Morgan fingerprint density at radius 1 is 1.64 bits per heavy atom. The molecular formula is C10H15N3O. The van der Waals surface area contributed by atoms with E-state index in [4.69, 9.17) is 4.74 Å². The van der Waals surface area contributed by atoms with E-state index in [1.165, 1.54) is 6.33 Å². The smallest absolute Gasteiger partial charge is 0.138 e. The van der Waals surface area contributed by atoms with Crippen LogP contribution in [-0.4, -0.2) is 20.9 Å². The van der Waals surface area contributed by atoms with Gasteiger partial charge in [-0.15, -0.1) is 0 Å². The first-order valence-corrected chi connectivity index (χ1v) is 4.81. The largest absolute Gasteiger partial charge is 0.493 e. The number of allylic oxidation sites excluding steroid dienone is 1. The monoisotopic (exact) mass is 193 g/mol. The number of hydrogen-bond donors (Lipinski definition) is 0. The lowest BCUT2D eigenvalue weighted by atomic mass is 9.88. The average molecular weight is 193 g/mol. The average Bonchev–Trinajstić information content (AvgIpc) is 2.61. The maximum atomic E-state index is 5.72. The molecule has 0 amide bonds. The van der Waals surface area contributed by atoms with Crippen molar-refractivity contribution in [2.24, 2.45) is 5.41 Å². The fourth-order valence-electron chi connectivity index (χ4n) is 1.85. The summed E-state index contributed by atoms with van der Waals surface area (Å²) in [5.41, 5.74) is 0.103. The van der Waals surface area contributed by atoms with Crippen molar-refractivity contribution in [3.8, 4) is 0 Å².